The fourth-order valence-electron chi connectivity index (χ4n) is 1.05. The number of aromatic nitrogens is 1. The van der Waals surface area contributed by atoms with Crippen molar-refractivity contribution >= 4 is 0 Å². The van der Waals surface area contributed by atoms with Crippen molar-refractivity contribution in [3.05, 3.63) is 24.0 Å². The first-order chi connectivity index (χ1) is 7.36. The summed E-state index contributed by atoms with van der Waals surface area (Å²) in [7, 11) is 0. The largest absolute Gasteiger partial charge is 0.490 e. The zero-order valence-electron chi connectivity index (χ0n) is 8.98. The molecule has 0 aliphatic rings. The van der Waals surface area contributed by atoms with E-state index in [1.165, 1.54) is 0 Å². The van der Waals surface area contributed by atoms with Crippen LogP contribution in [0.2, 0.25) is 0 Å². The molecule has 4 heteroatoms. The summed E-state index contributed by atoms with van der Waals surface area (Å²) in [6, 6.07) is 3.53. The standard InChI is InChI=1S/C11H17NO3/c1-2-5-14-6-7-15-11-4-3-10(9-13)12-8-11/h3-4,8,13H,2,5-7,9H2,1H3. The zero-order valence-corrected chi connectivity index (χ0v) is 8.98. The van der Waals surface area contributed by atoms with Crippen LogP contribution >= 0.6 is 0 Å². The summed E-state index contributed by atoms with van der Waals surface area (Å²) >= 11 is 0. The van der Waals surface area contributed by atoms with Gasteiger partial charge >= 0.3 is 0 Å². The van der Waals surface area contributed by atoms with Crippen LogP contribution in [0.4, 0.5) is 0 Å². The number of ether oxygens (including phenoxy) is 2. The maximum atomic E-state index is 8.78. The lowest BCUT2D eigenvalue weighted by Gasteiger charge is -2.06. The Morgan fingerprint density at radius 2 is 2.13 bits per heavy atom. The van der Waals surface area contributed by atoms with Crippen molar-refractivity contribution in [2.24, 2.45) is 0 Å². The molecule has 0 unspecified atom stereocenters. The van der Waals surface area contributed by atoms with E-state index in [2.05, 4.69) is 11.9 Å². The highest BCUT2D eigenvalue weighted by molar-refractivity contribution is 5.19. The van der Waals surface area contributed by atoms with Crippen LogP contribution < -0.4 is 4.74 Å². The van der Waals surface area contributed by atoms with Gasteiger partial charge in [0.25, 0.3) is 0 Å². The maximum absolute atomic E-state index is 8.78. The number of hydrogen-bond acceptors (Lipinski definition) is 4. The monoisotopic (exact) mass is 211 g/mol. The number of hydrogen-bond donors (Lipinski definition) is 1. The fraction of sp³-hybridized carbons (Fsp3) is 0.545. The van der Waals surface area contributed by atoms with Gasteiger partial charge in [-0.25, -0.2) is 0 Å². The average Bonchev–Trinajstić information content (AvgIpc) is 2.30. The summed E-state index contributed by atoms with van der Waals surface area (Å²) in [6.45, 7) is 3.92. The van der Waals surface area contributed by atoms with E-state index in [9.17, 15) is 0 Å². The van der Waals surface area contributed by atoms with Gasteiger partial charge in [-0.3, -0.25) is 4.98 Å². The van der Waals surface area contributed by atoms with E-state index in [1.807, 2.05) is 0 Å². The van der Waals surface area contributed by atoms with Crippen LogP contribution in [-0.2, 0) is 11.3 Å². The highest BCUT2D eigenvalue weighted by Crippen LogP contribution is 2.08. The predicted molar refractivity (Wildman–Crippen MR) is 56.8 cm³/mol. The third-order valence-electron chi connectivity index (χ3n) is 1.80. The second-order valence-corrected chi connectivity index (χ2v) is 3.10. The van der Waals surface area contributed by atoms with Crippen LogP contribution in [0.3, 0.4) is 0 Å². The Morgan fingerprint density at radius 3 is 2.73 bits per heavy atom. The zero-order chi connectivity index (χ0) is 10.9. The molecule has 0 bridgehead atoms. The van der Waals surface area contributed by atoms with Gasteiger partial charge in [0.15, 0.2) is 0 Å². The summed E-state index contributed by atoms with van der Waals surface area (Å²) < 4.78 is 10.6. The molecule has 1 rings (SSSR count). The van der Waals surface area contributed by atoms with E-state index in [1.54, 1.807) is 18.3 Å². The molecule has 1 N–H and O–H groups in total. The van der Waals surface area contributed by atoms with Crippen LogP contribution in [0, 0.1) is 0 Å². The molecule has 84 valence electrons. The normalized spacial score (nSPS) is 10.3. The molecule has 0 aliphatic carbocycles. The fourth-order valence-corrected chi connectivity index (χ4v) is 1.05. The lowest BCUT2D eigenvalue weighted by Crippen LogP contribution is -2.07. The van der Waals surface area contributed by atoms with Gasteiger partial charge in [0.05, 0.1) is 25.1 Å². The van der Waals surface area contributed by atoms with Gasteiger partial charge in [0.1, 0.15) is 12.4 Å². The van der Waals surface area contributed by atoms with Gasteiger partial charge in [-0.15, -0.1) is 0 Å². The molecule has 0 amide bonds. The predicted octanol–water partition coefficient (Wildman–Crippen LogP) is 1.38. The van der Waals surface area contributed by atoms with Crippen molar-refractivity contribution in [1.29, 1.82) is 0 Å². The molecule has 0 aromatic carbocycles. The molecule has 0 fully saturated rings. The lowest BCUT2D eigenvalue weighted by atomic mass is 10.3. The molecule has 1 aromatic rings. The second kappa shape index (κ2) is 7.20. The molecule has 0 saturated carbocycles. The quantitative estimate of drug-likeness (QED) is 0.692. The topological polar surface area (TPSA) is 51.6 Å². The second-order valence-electron chi connectivity index (χ2n) is 3.10. The van der Waals surface area contributed by atoms with Crippen molar-refractivity contribution in [3.8, 4) is 5.75 Å². The summed E-state index contributed by atoms with van der Waals surface area (Å²) in [5, 5.41) is 8.78. The van der Waals surface area contributed by atoms with Crippen LogP contribution in [0.25, 0.3) is 0 Å². The smallest absolute Gasteiger partial charge is 0.137 e. The number of nitrogens with zero attached hydrogens (tertiary/aromatic N) is 1. The van der Waals surface area contributed by atoms with E-state index in [-0.39, 0.29) is 6.61 Å². The molecular formula is C11H17NO3. The van der Waals surface area contributed by atoms with Gasteiger partial charge in [-0.05, 0) is 18.6 Å². The lowest BCUT2D eigenvalue weighted by molar-refractivity contribution is 0.100. The Labute approximate surface area is 89.9 Å². The number of rotatable bonds is 7. The van der Waals surface area contributed by atoms with Crippen molar-refractivity contribution in [2.45, 2.75) is 20.0 Å². The third kappa shape index (κ3) is 4.76. The third-order valence-corrected chi connectivity index (χ3v) is 1.80. The Kier molecular flexibility index (Phi) is 5.73. The highest BCUT2D eigenvalue weighted by atomic mass is 16.5. The van der Waals surface area contributed by atoms with Crippen LogP contribution in [0.5, 0.6) is 5.75 Å². The minimum Gasteiger partial charge on any atom is -0.490 e. The van der Waals surface area contributed by atoms with Crippen molar-refractivity contribution in [2.75, 3.05) is 19.8 Å². The molecule has 4 nitrogen and oxygen atoms in total. The first kappa shape index (κ1) is 11.9. The summed E-state index contributed by atoms with van der Waals surface area (Å²) in [5.41, 5.74) is 0.643. The number of aliphatic hydroxyl groups is 1. The molecule has 0 saturated heterocycles. The molecule has 0 aliphatic heterocycles. The SMILES string of the molecule is CCCOCCOc1ccc(CO)nc1. The van der Waals surface area contributed by atoms with Crippen LogP contribution in [0.1, 0.15) is 19.0 Å². The molecule has 0 atom stereocenters. The Hall–Kier alpha value is -1.13. The van der Waals surface area contributed by atoms with E-state index in [0.717, 1.165) is 13.0 Å². The van der Waals surface area contributed by atoms with Gasteiger partial charge in [-0.2, -0.15) is 0 Å². The molecule has 0 radical (unpaired) electrons. The van der Waals surface area contributed by atoms with Crippen molar-refractivity contribution in [3.63, 3.8) is 0 Å². The summed E-state index contributed by atoms with van der Waals surface area (Å²) in [5.74, 6) is 0.701. The summed E-state index contributed by atoms with van der Waals surface area (Å²) in [4.78, 5) is 4.00. The first-order valence-corrected chi connectivity index (χ1v) is 5.13. The summed E-state index contributed by atoms with van der Waals surface area (Å²) in [6.07, 6.45) is 2.62. The Bertz CT molecular complexity index is 261. The van der Waals surface area contributed by atoms with Gasteiger partial charge in [0.2, 0.25) is 0 Å². The molecule has 1 aromatic heterocycles. The molecule has 0 spiro atoms. The Balaban J connectivity index is 2.20. The maximum Gasteiger partial charge on any atom is 0.137 e. The van der Waals surface area contributed by atoms with Gasteiger partial charge < -0.3 is 14.6 Å². The van der Waals surface area contributed by atoms with Crippen molar-refractivity contribution < 1.29 is 14.6 Å². The minimum absolute atomic E-state index is 0.0418. The number of pyridine rings is 1. The van der Waals surface area contributed by atoms with Gasteiger partial charge in [-0.1, -0.05) is 6.92 Å². The highest BCUT2D eigenvalue weighted by Gasteiger charge is 1.95. The van der Waals surface area contributed by atoms with Crippen LogP contribution in [0.15, 0.2) is 18.3 Å². The number of aliphatic hydroxyl groups excluding tert-OH is 1. The van der Waals surface area contributed by atoms with Crippen molar-refractivity contribution in [1.82, 2.24) is 4.98 Å². The van der Waals surface area contributed by atoms with Crippen LogP contribution in [-0.4, -0.2) is 29.9 Å². The first-order valence-electron chi connectivity index (χ1n) is 5.13. The van der Waals surface area contributed by atoms with E-state index >= 15 is 0 Å². The van der Waals surface area contributed by atoms with E-state index in [0.29, 0.717) is 24.7 Å². The Morgan fingerprint density at radius 1 is 1.27 bits per heavy atom. The molecule has 1 heterocycles. The molecule has 15 heavy (non-hydrogen) atoms. The van der Waals surface area contributed by atoms with Gasteiger partial charge in [0, 0.05) is 6.61 Å². The van der Waals surface area contributed by atoms with E-state index in [4.69, 9.17) is 14.6 Å². The molecular weight excluding hydrogens is 194 g/mol. The average molecular weight is 211 g/mol. The van der Waals surface area contributed by atoms with E-state index < -0.39 is 0 Å². The minimum atomic E-state index is -0.0418.